The predicted octanol–water partition coefficient (Wildman–Crippen LogP) is 5.39. The van der Waals surface area contributed by atoms with Gasteiger partial charge in [-0.15, -0.1) is 0 Å². The number of benzene rings is 1. The van der Waals surface area contributed by atoms with E-state index in [1.54, 1.807) is 4.90 Å². The summed E-state index contributed by atoms with van der Waals surface area (Å²) >= 11 is 0. The van der Waals surface area contributed by atoms with Crippen molar-refractivity contribution in [3.63, 3.8) is 0 Å². The fourth-order valence-electron chi connectivity index (χ4n) is 6.57. The summed E-state index contributed by atoms with van der Waals surface area (Å²) in [6.07, 6.45) is 4.21. The van der Waals surface area contributed by atoms with Gasteiger partial charge in [-0.1, -0.05) is 32.0 Å². The first-order valence-electron chi connectivity index (χ1n) is 16.4. The van der Waals surface area contributed by atoms with Crippen LogP contribution in [-0.4, -0.2) is 70.3 Å². The molecule has 5 rings (SSSR count). The van der Waals surface area contributed by atoms with Crippen molar-refractivity contribution in [3.8, 4) is 11.8 Å². The van der Waals surface area contributed by atoms with E-state index < -0.39 is 23.8 Å². The normalized spacial score (nSPS) is 23.0. The fraction of sp³-hybridized carbons (Fsp3) is 0.676. The minimum absolute atomic E-state index is 0.0678. The lowest BCUT2D eigenvalue weighted by atomic mass is 9.84. The van der Waals surface area contributed by atoms with E-state index in [-0.39, 0.29) is 24.3 Å². The number of hydrogen-bond acceptors (Lipinski definition) is 10. The Morgan fingerprint density at radius 3 is 2.53 bits per heavy atom. The van der Waals surface area contributed by atoms with E-state index in [9.17, 15) is 14.9 Å². The number of nitrogens with one attached hydrogen (secondary N) is 1. The molecule has 3 aliphatic heterocycles. The van der Waals surface area contributed by atoms with Crippen LogP contribution in [0.3, 0.4) is 0 Å². The standard InChI is InChI=1S/C34H48N6O5/c1-21(2)31-37-32(45-38-31)39-14-11-23(12-15-39)22(3)13-16-43-27-9-7-24-18-29(30(41)28-10-8-26(19-35)36-28)40(20-25(24)17-27)33(42)44-34(4,5)6/h7,9,17,21-23,26,28-29,36H,8,10-16,18,20H2,1-6H3/t22-,26?,28?,29?/m1/s1. The fourth-order valence-corrected chi connectivity index (χ4v) is 6.57. The van der Waals surface area contributed by atoms with Gasteiger partial charge < -0.3 is 18.9 Å². The van der Waals surface area contributed by atoms with E-state index in [2.05, 4.69) is 47.2 Å². The van der Waals surface area contributed by atoms with Gasteiger partial charge in [0.2, 0.25) is 0 Å². The molecule has 2 saturated heterocycles. The molecule has 0 bridgehead atoms. The molecule has 0 radical (unpaired) electrons. The number of ether oxygens (including phenoxy) is 2. The van der Waals surface area contributed by atoms with Crippen molar-refractivity contribution >= 4 is 17.9 Å². The molecule has 1 aromatic heterocycles. The van der Waals surface area contributed by atoms with Gasteiger partial charge in [0.15, 0.2) is 11.6 Å². The van der Waals surface area contributed by atoms with Gasteiger partial charge in [-0.2, -0.15) is 10.2 Å². The zero-order chi connectivity index (χ0) is 32.3. The summed E-state index contributed by atoms with van der Waals surface area (Å²) in [7, 11) is 0. The lowest BCUT2D eigenvalue weighted by molar-refractivity contribution is -0.126. The van der Waals surface area contributed by atoms with Crippen LogP contribution in [0.1, 0.15) is 96.5 Å². The summed E-state index contributed by atoms with van der Waals surface area (Å²) in [4.78, 5) is 35.2. The molecule has 2 fully saturated rings. The lowest BCUT2D eigenvalue weighted by Gasteiger charge is -2.38. The Morgan fingerprint density at radius 1 is 1.13 bits per heavy atom. The number of nitriles is 1. The summed E-state index contributed by atoms with van der Waals surface area (Å²) in [6.45, 7) is 14.6. The zero-order valence-corrected chi connectivity index (χ0v) is 27.5. The number of Topliss-reactive ketones (excluding diaryl/α,β-unsaturated/α-hetero) is 1. The Hall–Kier alpha value is -3.65. The van der Waals surface area contributed by atoms with Crippen molar-refractivity contribution in [1.82, 2.24) is 20.4 Å². The van der Waals surface area contributed by atoms with Crippen LogP contribution < -0.4 is 15.0 Å². The van der Waals surface area contributed by atoms with Crippen molar-refractivity contribution in [2.45, 2.75) is 116 Å². The third-order valence-corrected chi connectivity index (χ3v) is 9.31. The summed E-state index contributed by atoms with van der Waals surface area (Å²) in [5.74, 6) is 2.81. The van der Waals surface area contributed by atoms with Crippen LogP contribution >= 0.6 is 0 Å². The molecule has 45 heavy (non-hydrogen) atoms. The maximum atomic E-state index is 13.6. The third-order valence-electron chi connectivity index (χ3n) is 9.31. The average molecular weight is 621 g/mol. The first-order valence-corrected chi connectivity index (χ1v) is 16.4. The van der Waals surface area contributed by atoms with Gasteiger partial charge in [-0.3, -0.25) is 15.0 Å². The van der Waals surface area contributed by atoms with Crippen LogP contribution in [0.4, 0.5) is 10.8 Å². The Morgan fingerprint density at radius 2 is 1.89 bits per heavy atom. The van der Waals surface area contributed by atoms with Crippen molar-refractivity contribution in [3.05, 3.63) is 35.2 Å². The maximum absolute atomic E-state index is 13.6. The summed E-state index contributed by atoms with van der Waals surface area (Å²) in [5.41, 5.74) is 1.29. The van der Waals surface area contributed by atoms with E-state index in [0.717, 1.165) is 55.1 Å². The van der Waals surface area contributed by atoms with Crippen LogP contribution in [0.5, 0.6) is 5.75 Å². The van der Waals surface area contributed by atoms with Gasteiger partial charge in [-0.05, 0) is 88.0 Å². The number of carbonyl (C=O) groups excluding carboxylic acids is 2. The quantitative estimate of drug-likeness (QED) is 0.389. The molecular weight excluding hydrogens is 572 g/mol. The summed E-state index contributed by atoms with van der Waals surface area (Å²) < 4.78 is 17.4. The summed E-state index contributed by atoms with van der Waals surface area (Å²) in [5, 5.41) is 16.5. The molecule has 0 saturated carbocycles. The van der Waals surface area contributed by atoms with Crippen LogP contribution in [0.25, 0.3) is 0 Å². The molecule has 3 aliphatic rings. The van der Waals surface area contributed by atoms with E-state index in [0.29, 0.717) is 43.7 Å². The number of aromatic nitrogens is 2. The van der Waals surface area contributed by atoms with Gasteiger partial charge in [0.25, 0.3) is 0 Å². The van der Waals surface area contributed by atoms with Crippen molar-refractivity contribution in [2.24, 2.45) is 11.8 Å². The molecule has 4 atom stereocenters. The SMILES string of the molecule is CC(C)c1noc(N2CCC([C@H](C)CCOc3ccc4c(c3)CN(C(=O)OC(C)(C)C)C(C(=O)C3CCC(C#N)N3)C4)CC2)n1. The number of nitrogens with zero attached hydrogens (tertiary/aromatic N) is 5. The number of ketones is 1. The van der Waals surface area contributed by atoms with Crippen molar-refractivity contribution in [2.75, 3.05) is 24.6 Å². The number of rotatable bonds is 9. The topological polar surface area (TPSA) is 134 Å². The minimum Gasteiger partial charge on any atom is -0.494 e. The smallest absolute Gasteiger partial charge is 0.411 e. The Kier molecular flexibility index (Phi) is 10.0. The van der Waals surface area contributed by atoms with Crippen LogP contribution in [0.2, 0.25) is 0 Å². The Labute approximate surface area is 266 Å². The number of carbonyl (C=O) groups is 2. The van der Waals surface area contributed by atoms with Crippen LogP contribution in [0.15, 0.2) is 22.7 Å². The first kappa shape index (κ1) is 32.7. The van der Waals surface area contributed by atoms with Gasteiger partial charge in [0.05, 0.1) is 37.3 Å². The van der Waals surface area contributed by atoms with E-state index >= 15 is 0 Å². The highest BCUT2D eigenvalue weighted by Crippen LogP contribution is 2.32. The monoisotopic (exact) mass is 620 g/mol. The molecule has 11 nitrogen and oxygen atoms in total. The lowest BCUT2D eigenvalue weighted by Crippen LogP contribution is -2.54. The molecule has 1 N–H and O–H groups in total. The van der Waals surface area contributed by atoms with E-state index in [1.165, 1.54) is 0 Å². The molecule has 3 unspecified atom stereocenters. The largest absolute Gasteiger partial charge is 0.494 e. The number of piperidine rings is 1. The molecule has 1 aromatic carbocycles. The molecule has 1 amide bonds. The highest BCUT2D eigenvalue weighted by molar-refractivity contribution is 5.92. The Bertz CT molecular complexity index is 1390. The molecule has 2 aromatic rings. The number of anilines is 1. The van der Waals surface area contributed by atoms with Crippen molar-refractivity contribution < 1.29 is 23.6 Å². The average Bonchev–Trinajstić information content (AvgIpc) is 3.70. The minimum atomic E-state index is -0.690. The van der Waals surface area contributed by atoms with E-state index in [1.807, 2.05) is 39.0 Å². The molecule has 11 heteroatoms. The maximum Gasteiger partial charge on any atom is 0.411 e. The second-order valence-corrected chi connectivity index (χ2v) is 14.2. The highest BCUT2D eigenvalue weighted by atomic mass is 16.6. The number of amides is 1. The third kappa shape index (κ3) is 7.96. The van der Waals surface area contributed by atoms with Gasteiger partial charge in [0, 0.05) is 25.4 Å². The van der Waals surface area contributed by atoms with Gasteiger partial charge >= 0.3 is 12.1 Å². The number of fused-ring (bicyclic) bond motifs is 1. The molecule has 0 aliphatic carbocycles. The second-order valence-electron chi connectivity index (χ2n) is 14.2. The van der Waals surface area contributed by atoms with Crippen LogP contribution in [0, 0.1) is 23.2 Å². The van der Waals surface area contributed by atoms with E-state index in [4.69, 9.17) is 14.0 Å². The van der Waals surface area contributed by atoms with Gasteiger partial charge in [0.1, 0.15) is 11.4 Å². The molecular formula is C34H48N6O5. The highest BCUT2D eigenvalue weighted by Gasteiger charge is 2.41. The molecule has 4 heterocycles. The zero-order valence-electron chi connectivity index (χ0n) is 27.5. The molecule has 0 spiro atoms. The van der Waals surface area contributed by atoms with Gasteiger partial charge in [-0.25, -0.2) is 4.79 Å². The van der Waals surface area contributed by atoms with Crippen molar-refractivity contribution in [1.29, 1.82) is 5.26 Å². The molecule has 244 valence electrons. The summed E-state index contributed by atoms with van der Waals surface area (Å²) in [6, 6.07) is 7.36. The first-order chi connectivity index (χ1) is 21.4. The second kappa shape index (κ2) is 13.8. The number of hydrogen-bond donors (Lipinski definition) is 1. The van der Waals surface area contributed by atoms with Crippen LogP contribution in [-0.2, 0) is 22.5 Å². The predicted molar refractivity (Wildman–Crippen MR) is 169 cm³/mol. The Balaban J connectivity index is 1.17.